The maximum absolute atomic E-state index is 6.12. The molecule has 0 aliphatic heterocycles. The predicted octanol–water partition coefficient (Wildman–Crippen LogP) is 3.70. The molecule has 2 aromatic heterocycles. The van der Waals surface area contributed by atoms with Crippen molar-refractivity contribution in [1.29, 1.82) is 0 Å². The molecule has 19 heavy (non-hydrogen) atoms. The third-order valence-electron chi connectivity index (χ3n) is 2.84. The van der Waals surface area contributed by atoms with Gasteiger partial charge in [-0.1, -0.05) is 39.3 Å². The molecule has 0 radical (unpaired) electrons. The summed E-state index contributed by atoms with van der Waals surface area (Å²) in [6.07, 6.45) is 2.79. The Bertz CT molecular complexity index is 569. The first-order chi connectivity index (χ1) is 8.91. The van der Waals surface area contributed by atoms with Gasteiger partial charge in [0, 0.05) is 18.2 Å². The van der Waals surface area contributed by atoms with E-state index in [-0.39, 0.29) is 5.41 Å². The summed E-state index contributed by atoms with van der Waals surface area (Å²) in [5, 5.41) is 4.77. The summed E-state index contributed by atoms with van der Waals surface area (Å²) in [5.74, 6) is 0.642. The summed E-state index contributed by atoms with van der Waals surface area (Å²) in [6, 6.07) is 3.75. The molecule has 4 nitrogen and oxygen atoms in total. The molecule has 2 heterocycles. The Morgan fingerprint density at radius 3 is 2.63 bits per heavy atom. The Hall–Kier alpha value is -1.42. The van der Waals surface area contributed by atoms with Crippen molar-refractivity contribution in [2.75, 3.05) is 0 Å². The fourth-order valence-electron chi connectivity index (χ4n) is 1.83. The third-order valence-corrected chi connectivity index (χ3v) is 3.04. The zero-order valence-electron chi connectivity index (χ0n) is 11.8. The number of hydrogen-bond acceptors (Lipinski definition) is 3. The maximum atomic E-state index is 6.12. The standard InChI is InChI=1S/C14H19ClN4/c1-5-8-19-10(6-7-16-19)13-17-11(14(2,3)4)9-12(15)18-13/h6-7,9H,5,8H2,1-4H3. The normalized spacial score (nSPS) is 11.8. The van der Waals surface area contributed by atoms with Gasteiger partial charge in [-0.25, -0.2) is 9.97 Å². The van der Waals surface area contributed by atoms with Crippen LogP contribution in [0.2, 0.25) is 5.15 Å². The smallest absolute Gasteiger partial charge is 0.179 e. The van der Waals surface area contributed by atoms with Crippen LogP contribution in [0.25, 0.3) is 11.5 Å². The zero-order valence-corrected chi connectivity index (χ0v) is 12.6. The van der Waals surface area contributed by atoms with Crippen LogP contribution in [0.3, 0.4) is 0 Å². The minimum absolute atomic E-state index is 0.0586. The van der Waals surface area contributed by atoms with E-state index in [1.54, 1.807) is 6.20 Å². The van der Waals surface area contributed by atoms with Crippen LogP contribution in [0.4, 0.5) is 0 Å². The number of halogens is 1. The minimum atomic E-state index is -0.0586. The molecule has 0 saturated heterocycles. The average Bonchev–Trinajstić information content (AvgIpc) is 2.76. The van der Waals surface area contributed by atoms with Gasteiger partial charge in [0.05, 0.1) is 5.69 Å². The molecule has 5 heteroatoms. The molecule has 0 amide bonds. The van der Waals surface area contributed by atoms with Crippen LogP contribution < -0.4 is 0 Å². The van der Waals surface area contributed by atoms with Crippen LogP contribution in [0.1, 0.15) is 39.8 Å². The molecule has 0 aliphatic rings. The highest BCUT2D eigenvalue weighted by atomic mass is 35.5. The molecular formula is C14H19ClN4. The molecule has 2 rings (SSSR count). The number of hydrogen-bond donors (Lipinski definition) is 0. The minimum Gasteiger partial charge on any atom is -0.262 e. The molecular weight excluding hydrogens is 260 g/mol. The Morgan fingerprint density at radius 2 is 2.00 bits per heavy atom. The molecule has 102 valence electrons. The fraction of sp³-hybridized carbons (Fsp3) is 0.500. The second kappa shape index (κ2) is 5.29. The number of rotatable bonds is 3. The largest absolute Gasteiger partial charge is 0.262 e. The molecule has 0 aliphatic carbocycles. The van der Waals surface area contributed by atoms with Crippen molar-refractivity contribution < 1.29 is 0 Å². The second-order valence-electron chi connectivity index (χ2n) is 5.59. The van der Waals surface area contributed by atoms with E-state index < -0.39 is 0 Å². The van der Waals surface area contributed by atoms with E-state index in [1.165, 1.54) is 0 Å². The van der Waals surface area contributed by atoms with Crippen molar-refractivity contribution in [3.05, 3.63) is 29.2 Å². The summed E-state index contributed by atoms with van der Waals surface area (Å²) in [5.41, 5.74) is 1.79. The summed E-state index contributed by atoms with van der Waals surface area (Å²) in [7, 11) is 0. The van der Waals surface area contributed by atoms with Gasteiger partial charge in [0.15, 0.2) is 5.82 Å². The van der Waals surface area contributed by atoms with E-state index in [0.717, 1.165) is 24.4 Å². The summed E-state index contributed by atoms with van der Waals surface area (Å²) in [4.78, 5) is 8.96. The molecule has 0 aromatic carbocycles. The highest BCUT2D eigenvalue weighted by Gasteiger charge is 2.19. The van der Waals surface area contributed by atoms with E-state index in [9.17, 15) is 0 Å². The van der Waals surface area contributed by atoms with Crippen molar-refractivity contribution in [2.24, 2.45) is 0 Å². The number of aromatic nitrogens is 4. The van der Waals surface area contributed by atoms with Crippen molar-refractivity contribution in [3.8, 4) is 11.5 Å². The van der Waals surface area contributed by atoms with Crippen LogP contribution >= 0.6 is 11.6 Å². The lowest BCUT2D eigenvalue weighted by Gasteiger charge is -2.18. The van der Waals surface area contributed by atoms with Gasteiger partial charge in [-0.15, -0.1) is 0 Å². The number of nitrogens with zero attached hydrogens (tertiary/aromatic N) is 4. The van der Waals surface area contributed by atoms with Gasteiger partial charge in [-0.05, 0) is 18.6 Å². The van der Waals surface area contributed by atoms with Gasteiger partial charge in [0.1, 0.15) is 10.8 Å². The summed E-state index contributed by atoms with van der Waals surface area (Å²) in [6.45, 7) is 9.30. The monoisotopic (exact) mass is 278 g/mol. The molecule has 0 fully saturated rings. The lowest BCUT2D eigenvalue weighted by atomic mass is 9.92. The van der Waals surface area contributed by atoms with Gasteiger partial charge in [-0.3, -0.25) is 4.68 Å². The van der Waals surface area contributed by atoms with Crippen LogP contribution in [0.15, 0.2) is 18.3 Å². The first kappa shape index (κ1) is 14.0. The molecule has 0 spiro atoms. The Morgan fingerprint density at radius 1 is 1.26 bits per heavy atom. The topological polar surface area (TPSA) is 43.6 Å². The van der Waals surface area contributed by atoms with Gasteiger partial charge >= 0.3 is 0 Å². The van der Waals surface area contributed by atoms with Crippen molar-refractivity contribution in [1.82, 2.24) is 19.7 Å². The summed E-state index contributed by atoms with van der Waals surface area (Å²) >= 11 is 6.12. The average molecular weight is 279 g/mol. The Balaban J connectivity index is 2.50. The van der Waals surface area contributed by atoms with Crippen LogP contribution in [0.5, 0.6) is 0 Å². The third kappa shape index (κ3) is 3.13. The number of aryl methyl sites for hydroxylation is 1. The van der Waals surface area contributed by atoms with Gasteiger partial charge in [0.2, 0.25) is 0 Å². The SMILES string of the molecule is CCCn1nccc1-c1nc(Cl)cc(C(C)(C)C)n1. The quantitative estimate of drug-likeness (QED) is 0.804. The zero-order chi connectivity index (χ0) is 14.0. The summed E-state index contributed by atoms with van der Waals surface area (Å²) < 4.78 is 1.91. The molecule has 0 saturated carbocycles. The first-order valence-corrected chi connectivity index (χ1v) is 6.87. The predicted molar refractivity (Wildman–Crippen MR) is 77.3 cm³/mol. The highest BCUT2D eigenvalue weighted by molar-refractivity contribution is 6.29. The maximum Gasteiger partial charge on any atom is 0.179 e. The second-order valence-corrected chi connectivity index (χ2v) is 5.98. The molecule has 0 atom stereocenters. The molecule has 0 N–H and O–H groups in total. The lowest BCUT2D eigenvalue weighted by molar-refractivity contribution is 0.565. The van der Waals surface area contributed by atoms with E-state index in [4.69, 9.17) is 11.6 Å². The van der Waals surface area contributed by atoms with Crippen molar-refractivity contribution in [2.45, 2.75) is 46.1 Å². The Labute approximate surface area is 118 Å². The van der Waals surface area contributed by atoms with E-state index in [0.29, 0.717) is 11.0 Å². The molecule has 0 unspecified atom stereocenters. The van der Waals surface area contributed by atoms with E-state index >= 15 is 0 Å². The first-order valence-electron chi connectivity index (χ1n) is 6.49. The van der Waals surface area contributed by atoms with Crippen molar-refractivity contribution >= 4 is 11.6 Å². The molecule has 0 bridgehead atoms. The van der Waals surface area contributed by atoms with E-state index in [2.05, 4.69) is 42.8 Å². The lowest BCUT2D eigenvalue weighted by Crippen LogP contribution is -2.15. The van der Waals surface area contributed by atoms with Gasteiger partial charge < -0.3 is 0 Å². The van der Waals surface area contributed by atoms with Crippen LogP contribution in [-0.2, 0) is 12.0 Å². The highest BCUT2D eigenvalue weighted by Crippen LogP contribution is 2.25. The van der Waals surface area contributed by atoms with Crippen molar-refractivity contribution in [3.63, 3.8) is 0 Å². The van der Waals surface area contributed by atoms with Gasteiger partial charge in [0.25, 0.3) is 0 Å². The van der Waals surface area contributed by atoms with E-state index in [1.807, 2.05) is 16.8 Å². The van der Waals surface area contributed by atoms with Crippen LogP contribution in [-0.4, -0.2) is 19.7 Å². The fourth-order valence-corrected chi connectivity index (χ4v) is 2.01. The van der Waals surface area contributed by atoms with Gasteiger partial charge in [-0.2, -0.15) is 5.10 Å². The van der Waals surface area contributed by atoms with Crippen LogP contribution in [0, 0.1) is 0 Å². The molecule has 2 aromatic rings. The Kier molecular flexibility index (Phi) is 3.90.